The van der Waals surface area contributed by atoms with Crippen molar-refractivity contribution in [3.05, 3.63) is 107 Å². The van der Waals surface area contributed by atoms with Gasteiger partial charge in [0.1, 0.15) is 6.10 Å². The molecule has 1 heterocycles. The molecule has 1 unspecified atom stereocenters. The Hall–Kier alpha value is -2.99. The molecule has 0 saturated carbocycles. The van der Waals surface area contributed by atoms with E-state index in [1.807, 2.05) is 50.2 Å². The molecule has 38 heavy (non-hydrogen) atoms. The first-order valence-electron chi connectivity index (χ1n) is 13.7. The maximum atomic E-state index is 12.1. The lowest BCUT2D eigenvalue weighted by molar-refractivity contribution is -0.146. The highest BCUT2D eigenvalue weighted by atomic mass is 16.5. The van der Waals surface area contributed by atoms with Crippen LogP contribution in [0.15, 0.2) is 84.9 Å². The van der Waals surface area contributed by atoms with E-state index in [1.54, 1.807) is 0 Å². The van der Waals surface area contributed by atoms with Gasteiger partial charge in [0.05, 0.1) is 24.7 Å². The molecule has 1 atom stereocenters. The van der Waals surface area contributed by atoms with Crippen molar-refractivity contribution in [3.63, 3.8) is 0 Å². The molecule has 0 radical (unpaired) electrons. The summed E-state index contributed by atoms with van der Waals surface area (Å²) < 4.78 is 11.6. The number of piperidine rings is 1. The van der Waals surface area contributed by atoms with E-state index in [9.17, 15) is 9.90 Å². The van der Waals surface area contributed by atoms with Crippen molar-refractivity contribution in [2.75, 3.05) is 26.7 Å². The maximum Gasteiger partial charge on any atom is 0.315 e. The summed E-state index contributed by atoms with van der Waals surface area (Å²) in [5, 5.41) is 10.7. The van der Waals surface area contributed by atoms with Gasteiger partial charge in [-0.15, -0.1) is 0 Å². The summed E-state index contributed by atoms with van der Waals surface area (Å²) >= 11 is 0. The first-order chi connectivity index (χ1) is 18.4. The molecule has 1 aliphatic rings. The topological polar surface area (TPSA) is 59.0 Å². The van der Waals surface area contributed by atoms with E-state index in [0.717, 1.165) is 50.0 Å². The van der Waals surface area contributed by atoms with Crippen LogP contribution in [0.25, 0.3) is 0 Å². The van der Waals surface area contributed by atoms with Crippen LogP contribution in [-0.4, -0.2) is 48.8 Å². The molecule has 4 rings (SSSR count). The normalized spacial score (nSPS) is 15.9. The lowest BCUT2D eigenvalue weighted by atomic mass is 9.84. The molecule has 5 heteroatoms. The Bertz CT molecular complexity index is 1080. The summed E-state index contributed by atoms with van der Waals surface area (Å²) in [5.41, 5.74) is 3.44. The van der Waals surface area contributed by atoms with E-state index in [2.05, 4.69) is 53.4 Å². The number of aliphatic hydroxyl groups is 1. The van der Waals surface area contributed by atoms with Crippen LogP contribution in [0.4, 0.5) is 0 Å². The van der Waals surface area contributed by atoms with E-state index in [0.29, 0.717) is 6.42 Å². The van der Waals surface area contributed by atoms with E-state index in [-0.39, 0.29) is 18.2 Å². The number of carbonyl (C=O) groups excluding carboxylic acids is 1. The van der Waals surface area contributed by atoms with Gasteiger partial charge in [0.2, 0.25) is 0 Å². The largest absolute Gasteiger partial charge is 0.468 e. The summed E-state index contributed by atoms with van der Waals surface area (Å²) in [4.78, 5) is 14.5. The molecule has 5 nitrogen and oxygen atoms in total. The Labute approximate surface area is 227 Å². The Morgan fingerprint density at radius 1 is 0.895 bits per heavy atom. The van der Waals surface area contributed by atoms with Crippen molar-refractivity contribution < 1.29 is 19.4 Å². The fourth-order valence-corrected chi connectivity index (χ4v) is 5.24. The van der Waals surface area contributed by atoms with Gasteiger partial charge in [-0.3, -0.25) is 4.79 Å². The van der Waals surface area contributed by atoms with Gasteiger partial charge >= 0.3 is 5.97 Å². The Morgan fingerprint density at radius 3 is 1.97 bits per heavy atom. The molecule has 0 bridgehead atoms. The van der Waals surface area contributed by atoms with Crippen molar-refractivity contribution >= 4 is 5.97 Å². The molecule has 0 aliphatic carbocycles. The molecule has 0 spiro atoms. The first-order valence-corrected chi connectivity index (χ1v) is 13.7. The first kappa shape index (κ1) is 28.0. The van der Waals surface area contributed by atoms with Crippen LogP contribution < -0.4 is 0 Å². The number of aliphatic hydroxyl groups excluding tert-OH is 1. The standard InChI is InChI=1S/C33H41NO4/c1-33(2,32(36)37-3)28-18-16-25(17-19-28)30(35)15-10-22-34-23-20-29(21-24-34)38-31(26-11-6-4-7-12-26)27-13-8-5-9-14-27/h4-9,11-14,16-19,29-31,35H,10,15,20-24H2,1-3H3. The Kier molecular flexibility index (Phi) is 9.73. The number of methoxy groups -OCH3 is 1. The quantitative estimate of drug-likeness (QED) is 0.307. The number of rotatable bonds is 11. The van der Waals surface area contributed by atoms with Crippen LogP contribution in [0.3, 0.4) is 0 Å². The molecule has 202 valence electrons. The highest BCUT2D eigenvalue weighted by molar-refractivity contribution is 5.82. The zero-order chi connectivity index (χ0) is 27.0. The average molecular weight is 516 g/mol. The predicted molar refractivity (Wildman–Crippen MR) is 151 cm³/mol. The van der Waals surface area contributed by atoms with Gasteiger partial charge in [-0.25, -0.2) is 0 Å². The SMILES string of the molecule is COC(=O)C(C)(C)c1ccc(C(O)CCCN2CCC(OC(c3ccccc3)c3ccccc3)CC2)cc1. The van der Waals surface area contributed by atoms with Crippen LogP contribution in [0.1, 0.15) is 74.0 Å². The predicted octanol–water partition coefficient (Wildman–Crippen LogP) is 6.22. The zero-order valence-electron chi connectivity index (χ0n) is 22.9. The third kappa shape index (κ3) is 7.10. The van der Waals surface area contributed by atoms with Crippen molar-refractivity contribution in [3.8, 4) is 0 Å². The molecule has 1 saturated heterocycles. The average Bonchev–Trinajstić information content (AvgIpc) is 2.97. The minimum atomic E-state index is -0.712. The van der Waals surface area contributed by atoms with Gasteiger partial charge in [-0.2, -0.15) is 0 Å². The fourth-order valence-electron chi connectivity index (χ4n) is 5.24. The number of hydrogen-bond donors (Lipinski definition) is 1. The summed E-state index contributed by atoms with van der Waals surface area (Å²) in [6.45, 7) is 6.69. The fraction of sp³-hybridized carbons (Fsp3) is 0.424. The molecule has 0 amide bonds. The van der Waals surface area contributed by atoms with Gasteiger partial charge in [0, 0.05) is 13.1 Å². The Morgan fingerprint density at radius 2 is 1.45 bits per heavy atom. The molecule has 0 aromatic heterocycles. The monoisotopic (exact) mass is 515 g/mol. The van der Waals surface area contributed by atoms with Crippen molar-refractivity contribution in [1.82, 2.24) is 4.90 Å². The van der Waals surface area contributed by atoms with E-state index < -0.39 is 11.5 Å². The molecular formula is C33H41NO4. The van der Waals surface area contributed by atoms with E-state index in [1.165, 1.54) is 18.2 Å². The number of ether oxygens (including phenoxy) is 2. The number of carbonyl (C=O) groups is 1. The summed E-state index contributed by atoms with van der Waals surface area (Å²) in [6.07, 6.45) is 3.33. The minimum absolute atomic E-state index is 0.0475. The van der Waals surface area contributed by atoms with Crippen LogP contribution in [0.5, 0.6) is 0 Å². The number of nitrogens with zero attached hydrogens (tertiary/aromatic N) is 1. The number of esters is 1. The number of benzene rings is 3. The van der Waals surface area contributed by atoms with Gasteiger partial charge in [-0.05, 0) is 68.3 Å². The summed E-state index contributed by atoms with van der Waals surface area (Å²) in [5.74, 6) is -0.268. The maximum absolute atomic E-state index is 12.1. The lowest BCUT2D eigenvalue weighted by Gasteiger charge is -2.34. The van der Waals surface area contributed by atoms with Crippen LogP contribution in [0, 0.1) is 0 Å². The smallest absolute Gasteiger partial charge is 0.315 e. The van der Waals surface area contributed by atoms with Crippen molar-refractivity contribution in [1.29, 1.82) is 0 Å². The lowest BCUT2D eigenvalue weighted by Crippen LogP contribution is -2.38. The van der Waals surface area contributed by atoms with Crippen LogP contribution >= 0.6 is 0 Å². The van der Waals surface area contributed by atoms with E-state index in [4.69, 9.17) is 9.47 Å². The third-order valence-electron chi connectivity index (χ3n) is 7.73. The van der Waals surface area contributed by atoms with Gasteiger partial charge in [-0.1, -0.05) is 84.9 Å². The molecule has 3 aromatic carbocycles. The highest BCUT2D eigenvalue weighted by Gasteiger charge is 2.31. The summed E-state index contributed by atoms with van der Waals surface area (Å²) in [7, 11) is 1.41. The molecule has 1 N–H and O–H groups in total. The van der Waals surface area contributed by atoms with Crippen molar-refractivity contribution in [2.45, 2.75) is 63.3 Å². The van der Waals surface area contributed by atoms with Crippen LogP contribution in [-0.2, 0) is 19.7 Å². The second kappa shape index (κ2) is 13.2. The Balaban J connectivity index is 1.23. The molecule has 1 aliphatic heterocycles. The second-order valence-corrected chi connectivity index (χ2v) is 10.8. The third-order valence-corrected chi connectivity index (χ3v) is 7.73. The molecule has 3 aromatic rings. The minimum Gasteiger partial charge on any atom is -0.468 e. The van der Waals surface area contributed by atoms with Gasteiger partial charge in [0.15, 0.2) is 0 Å². The molecular weight excluding hydrogens is 474 g/mol. The number of hydrogen-bond acceptors (Lipinski definition) is 5. The number of likely N-dealkylation sites (tertiary alicyclic amines) is 1. The van der Waals surface area contributed by atoms with Gasteiger partial charge < -0.3 is 19.5 Å². The van der Waals surface area contributed by atoms with Crippen molar-refractivity contribution in [2.24, 2.45) is 0 Å². The highest BCUT2D eigenvalue weighted by Crippen LogP contribution is 2.31. The van der Waals surface area contributed by atoms with Crippen LogP contribution in [0.2, 0.25) is 0 Å². The molecule has 1 fully saturated rings. The van der Waals surface area contributed by atoms with E-state index >= 15 is 0 Å². The summed E-state index contributed by atoms with van der Waals surface area (Å²) in [6, 6.07) is 28.6. The van der Waals surface area contributed by atoms with Gasteiger partial charge in [0.25, 0.3) is 0 Å². The second-order valence-electron chi connectivity index (χ2n) is 10.8. The zero-order valence-corrected chi connectivity index (χ0v) is 22.9.